The number of hydrogen-bond donors (Lipinski definition) is 0. The van der Waals surface area contributed by atoms with Gasteiger partial charge in [-0.1, -0.05) is 36.4 Å². The average Bonchev–Trinajstić information content (AvgIpc) is 3.47. The Balaban J connectivity index is 1.12. The molecule has 43 heavy (non-hydrogen) atoms. The lowest BCUT2D eigenvalue weighted by Crippen LogP contribution is -2.03. The first-order valence-corrected chi connectivity index (χ1v) is 15.0. The van der Waals surface area contributed by atoms with Gasteiger partial charge in [-0.05, 0) is 98.0 Å². The minimum absolute atomic E-state index is 0.0923. The highest BCUT2D eigenvalue weighted by molar-refractivity contribution is 7.21. The van der Waals surface area contributed by atoms with Gasteiger partial charge in [0.2, 0.25) is 0 Å². The van der Waals surface area contributed by atoms with Crippen LogP contribution >= 0.6 is 11.3 Å². The van der Waals surface area contributed by atoms with Crippen molar-refractivity contribution in [3.63, 3.8) is 0 Å². The largest absolute Gasteiger partial charge is 0.496 e. The number of thiazole rings is 1. The van der Waals surface area contributed by atoms with E-state index >= 15 is 0 Å². The molecule has 0 aliphatic heterocycles. The number of rotatable bonds is 13. The number of para-hydroxylation sites is 1. The van der Waals surface area contributed by atoms with Gasteiger partial charge in [-0.25, -0.2) is 4.98 Å². The Morgan fingerprint density at radius 1 is 0.814 bits per heavy atom. The molecule has 5 aromatic rings. The van der Waals surface area contributed by atoms with Crippen LogP contribution in [0, 0.1) is 13.8 Å². The highest BCUT2D eigenvalue weighted by Crippen LogP contribution is 2.32. The Kier molecular flexibility index (Phi) is 9.74. The number of nitrogens with zero attached hydrogens (tertiary/aromatic N) is 1. The first kappa shape index (κ1) is 29.9. The lowest BCUT2D eigenvalue weighted by Gasteiger charge is -2.12. The molecule has 0 atom stereocenters. The van der Waals surface area contributed by atoms with E-state index in [0.717, 1.165) is 51.4 Å². The zero-order chi connectivity index (χ0) is 30.2. The van der Waals surface area contributed by atoms with Crippen molar-refractivity contribution in [2.75, 3.05) is 27.4 Å². The Hall–Kier alpha value is -4.62. The third-order valence-electron chi connectivity index (χ3n) is 7.18. The van der Waals surface area contributed by atoms with Crippen LogP contribution in [0.15, 0.2) is 84.9 Å². The number of benzene rings is 4. The van der Waals surface area contributed by atoms with Crippen molar-refractivity contribution in [1.29, 1.82) is 0 Å². The molecule has 0 unspecified atom stereocenters. The minimum Gasteiger partial charge on any atom is -0.496 e. The van der Waals surface area contributed by atoms with Gasteiger partial charge in [0.15, 0.2) is 17.3 Å². The standard InChI is InChI=1S/C36H35NO5S/c1-24-20-28(23-33(40-4)25(24)2)31(38)16-14-26-15-17-32(39-3)34(21-26)42-19-8-7-18-41-29-11-9-10-27(22-29)36-37-30-12-5-6-13-35(30)43-36/h5-6,9-17,20-23H,7-8,18-19H2,1-4H3/b16-14+. The summed E-state index contributed by atoms with van der Waals surface area (Å²) >= 11 is 1.68. The van der Waals surface area contributed by atoms with Gasteiger partial charge in [-0.3, -0.25) is 4.79 Å². The summed E-state index contributed by atoms with van der Waals surface area (Å²) in [5, 5.41) is 0.987. The second kappa shape index (κ2) is 14.0. The maximum atomic E-state index is 12.8. The number of carbonyl (C=O) groups excluding carboxylic acids is 1. The van der Waals surface area contributed by atoms with Gasteiger partial charge in [0, 0.05) is 11.1 Å². The van der Waals surface area contributed by atoms with Crippen LogP contribution in [-0.4, -0.2) is 38.2 Å². The SMILES string of the molecule is COc1ccc(/C=C/C(=O)c2cc(C)c(C)c(OC)c2)cc1OCCCCOc1cccc(-c2nc3ccccc3s2)c1. The van der Waals surface area contributed by atoms with Crippen LogP contribution in [0.1, 0.15) is 39.9 Å². The zero-order valence-electron chi connectivity index (χ0n) is 24.9. The second-order valence-corrected chi connectivity index (χ2v) is 11.2. The minimum atomic E-state index is -0.0923. The zero-order valence-corrected chi connectivity index (χ0v) is 25.7. The van der Waals surface area contributed by atoms with Crippen molar-refractivity contribution < 1.29 is 23.7 Å². The summed E-state index contributed by atoms with van der Waals surface area (Å²) in [6.07, 6.45) is 5.00. The molecule has 5 rings (SSSR count). The summed E-state index contributed by atoms with van der Waals surface area (Å²) in [6.45, 7) is 5.05. The molecule has 0 saturated heterocycles. The quantitative estimate of drug-likeness (QED) is 0.0773. The number of ketones is 1. The molecule has 0 aliphatic carbocycles. The fourth-order valence-electron chi connectivity index (χ4n) is 4.65. The maximum absolute atomic E-state index is 12.8. The van der Waals surface area contributed by atoms with Crippen LogP contribution in [-0.2, 0) is 0 Å². The molecule has 0 amide bonds. The van der Waals surface area contributed by atoms with Crippen LogP contribution in [0.25, 0.3) is 26.9 Å². The van der Waals surface area contributed by atoms with Crippen molar-refractivity contribution >= 4 is 33.4 Å². The Morgan fingerprint density at radius 3 is 2.40 bits per heavy atom. The molecular weight excluding hydrogens is 558 g/mol. The molecule has 0 bridgehead atoms. The fourth-order valence-corrected chi connectivity index (χ4v) is 5.61. The van der Waals surface area contributed by atoms with E-state index in [1.165, 1.54) is 4.70 Å². The molecule has 0 aliphatic rings. The van der Waals surface area contributed by atoms with Gasteiger partial charge in [-0.15, -0.1) is 11.3 Å². The maximum Gasteiger partial charge on any atom is 0.185 e. The summed E-state index contributed by atoms with van der Waals surface area (Å²) in [5.41, 5.74) is 5.54. The van der Waals surface area contributed by atoms with Crippen molar-refractivity contribution in [2.24, 2.45) is 0 Å². The van der Waals surface area contributed by atoms with Gasteiger partial charge >= 0.3 is 0 Å². The third kappa shape index (κ3) is 7.43. The van der Waals surface area contributed by atoms with E-state index in [1.807, 2.05) is 74.5 Å². The first-order chi connectivity index (χ1) is 20.9. The second-order valence-electron chi connectivity index (χ2n) is 10.1. The Morgan fingerprint density at radius 2 is 1.60 bits per heavy atom. The van der Waals surface area contributed by atoms with E-state index in [0.29, 0.717) is 36.0 Å². The highest BCUT2D eigenvalue weighted by Gasteiger charge is 2.11. The monoisotopic (exact) mass is 593 g/mol. The lowest BCUT2D eigenvalue weighted by atomic mass is 10.0. The smallest absolute Gasteiger partial charge is 0.185 e. The molecule has 0 saturated carbocycles. The summed E-state index contributed by atoms with van der Waals surface area (Å²) in [5.74, 6) is 2.72. The van der Waals surface area contributed by atoms with Crippen LogP contribution in [0.3, 0.4) is 0 Å². The Labute approximate surface area is 256 Å². The van der Waals surface area contributed by atoms with Crippen molar-refractivity contribution in [2.45, 2.75) is 26.7 Å². The predicted octanol–water partition coefficient (Wildman–Crippen LogP) is 8.73. The van der Waals surface area contributed by atoms with Crippen molar-refractivity contribution in [3.8, 4) is 33.6 Å². The van der Waals surface area contributed by atoms with E-state index in [9.17, 15) is 4.79 Å². The molecule has 220 valence electrons. The lowest BCUT2D eigenvalue weighted by molar-refractivity contribution is 0.104. The Bertz CT molecular complexity index is 1720. The van der Waals surface area contributed by atoms with Gasteiger partial charge < -0.3 is 18.9 Å². The molecule has 1 heterocycles. The van der Waals surface area contributed by atoms with E-state index in [2.05, 4.69) is 12.1 Å². The van der Waals surface area contributed by atoms with Crippen LogP contribution in [0.5, 0.6) is 23.0 Å². The topological polar surface area (TPSA) is 66.9 Å². The number of carbonyl (C=O) groups is 1. The summed E-state index contributed by atoms with van der Waals surface area (Å²) in [7, 11) is 3.23. The highest BCUT2D eigenvalue weighted by atomic mass is 32.1. The molecule has 0 fully saturated rings. The van der Waals surface area contributed by atoms with Crippen LogP contribution < -0.4 is 18.9 Å². The summed E-state index contributed by atoms with van der Waals surface area (Å²) < 4.78 is 24.2. The van der Waals surface area contributed by atoms with Gasteiger partial charge in [0.25, 0.3) is 0 Å². The third-order valence-corrected chi connectivity index (χ3v) is 8.26. The van der Waals surface area contributed by atoms with Gasteiger partial charge in [0.05, 0.1) is 37.6 Å². The number of fused-ring (bicyclic) bond motifs is 1. The number of ether oxygens (including phenoxy) is 4. The van der Waals surface area contributed by atoms with E-state index < -0.39 is 0 Å². The van der Waals surface area contributed by atoms with E-state index in [1.54, 1.807) is 43.8 Å². The van der Waals surface area contributed by atoms with Crippen molar-refractivity contribution in [1.82, 2.24) is 4.98 Å². The molecule has 0 radical (unpaired) electrons. The molecule has 4 aromatic carbocycles. The fraction of sp³-hybridized carbons (Fsp3) is 0.222. The number of unbranched alkanes of at least 4 members (excludes halogenated alkanes) is 1. The molecular formula is C36H35NO5S. The van der Waals surface area contributed by atoms with Gasteiger partial charge in [-0.2, -0.15) is 0 Å². The number of methoxy groups -OCH3 is 2. The van der Waals surface area contributed by atoms with Crippen molar-refractivity contribution in [3.05, 3.63) is 107 Å². The molecule has 6 nitrogen and oxygen atoms in total. The van der Waals surface area contributed by atoms with E-state index in [-0.39, 0.29) is 5.78 Å². The number of aryl methyl sites for hydroxylation is 1. The number of hydrogen-bond acceptors (Lipinski definition) is 7. The summed E-state index contributed by atoms with van der Waals surface area (Å²) in [4.78, 5) is 17.6. The molecule has 7 heteroatoms. The average molecular weight is 594 g/mol. The normalized spacial score (nSPS) is 11.2. The molecule has 0 N–H and O–H groups in total. The first-order valence-electron chi connectivity index (χ1n) is 14.2. The molecule has 1 aromatic heterocycles. The summed E-state index contributed by atoms with van der Waals surface area (Å²) in [6, 6.07) is 25.5. The van der Waals surface area contributed by atoms with Crippen LogP contribution in [0.4, 0.5) is 0 Å². The van der Waals surface area contributed by atoms with E-state index in [4.69, 9.17) is 23.9 Å². The van der Waals surface area contributed by atoms with Gasteiger partial charge in [0.1, 0.15) is 16.5 Å². The number of aromatic nitrogens is 1. The van der Waals surface area contributed by atoms with Crippen LogP contribution in [0.2, 0.25) is 0 Å². The molecule has 0 spiro atoms. The number of allylic oxidation sites excluding steroid dienone is 1. The predicted molar refractivity (Wildman–Crippen MR) is 174 cm³/mol.